The van der Waals surface area contributed by atoms with Crippen LogP contribution in [0.1, 0.15) is 30.2 Å². The molecule has 0 spiro atoms. The Labute approximate surface area is 93.9 Å². The molecule has 0 atom stereocenters. The normalized spacial score (nSPS) is 10.6. The summed E-state index contributed by atoms with van der Waals surface area (Å²) in [5.41, 5.74) is 2.03. The Morgan fingerprint density at radius 1 is 1.38 bits per heavy atom. The van der Waals surface area contributed by atoms with Crippen molar-refractivity contribution >= 4 is 11.5 Å². The highest BCUT2D eigenvalue weighted by Crippen LogP contribution is 2.13. The van der Waals surface area contributed by atoms with Crippen LogP contribution >= 0.6 is 0 Å². The van der Waals surface area contributed by atoms with Gasteiger partial charge in [0.05, 0.1) is 6.61 Å². The van der Waals surface area contributed by atoms with Gasteiger partial charge in [-0.15, -0.1) is 0 Å². The molecule has 4 heteroatoms. The van der Waals surface area contributed by atoms with Crippen molar-refractivity contribution in [2.45, 2.75) is 20.3 Å². The first-order valence-corrected chi connectivity index (χ1v) is 5.40. The van der Waals surface area contributed by atoms with Crippen molar-refractivity contribution < 1.29 is 9.53 Å². The molecule has 2 aromatic rings. The molecule has 0 fully saturated rings. The third-order valence-electron chi connectivity index (χ3n) is 2.47. The lowest BCUT2D eigenvalue weighted by Gasteiger charge is -2.06. The summed E-state index contributed by atoms with van der Waals surface area (Å²) in [7, 11) is 0. The van der Waals surface area contributed by atoms with E-state index >= 15 is 0 Å². The van der Waals surface area contributed by atoms with Crippen molar-refractivity contribution in [3.8, 4) is 0 Å². The summed E-state index contributed by atoms with van der Waals surface area (Å²) in [5, 5.41) is 0. The summed E-state index contributed by atoms with van der Waals surface area (Å²) in [5.74, 6) is -0.0276. The van der Waals surface area contributed by atoms with Crippen LogP contribution in [0.4, 0.5) is 0 Å². The minimum atomic E-state index is -0.376. The molecule has 16 heavy (non-hydrogen) atoms. The van der Waals surface area contributed by atoms with Crippen LogP contribution in [0.3, 0.4) is 0 Å². The Balaban J connectivity index is 2.59. The van der Waals surface area contributed by atoms with Crippen LogP contribution in [0.15, 0.2) is 24.4 Å². The van der Waals surface area contributed by atoms with E-state index in [1.807, 2.05) is 29.5 Å². The summed E-state index contributed by atoms with van der Waals surface area (Å²) in [6, 6.07) is 5.85. The van der Waals surface area contributed by atoms with E-state index < -0.39 is 0 Å². The molecule has 0 saturated heterocycles. The number of carbonyl (C=O) groups excluding carboxylic acids is 1. The van der Waals surface area contributed by atoms with E-state index in [1.165, 1.54) is 0 Å². The summed E-state index contributed by atoms with van der Waals surface area (Å²) < 4.78 is 6.83. The Bertz CT molecular complexity index is 517. The number of hydrogen-bond acceptors (Lipinski definition) is 3. The highest BCUT2D eigenvalue weighted by Gasteiger charge is 2.14. The average Bonchev–Trinajstić information content (AvgIpc) is 2.72. The second-order valence-corrected chi connectivity index (χ2v) is 3.43. The first kappa shape index (κ1) is 10.7. The van der Waals surface area contributed by atoms with E-state index in [0.29, 0.717) is 12.4 Å². The molecule has 0 aliphatic heterocycles. The summed E-state index contributed by atoms with van der Waals surface area (Å²) in [4.78, 5) is 15.8. The fourth-order valence-corrected chi connectivity index (χ4v) is 1.74. The predicted octanol–water partition coefficient (Wildman–Crippen LogP) is 2.07. The number of nitrogens with zero attached hydrogens (tertiary/aromatic N) is 2. The Hall–Kier alpha value is -1.84. The largest absolute Gasteiger partial charge is 0.460 e. The van der Waals surface area contributed by atoms with Crippen LogP contribution in [0.5, 0.6) is 0 Å². The number of fused-ring (bicyclic) bond motifs is 1. The maximum Gasteiger partial charge on any atom is 0.374 e. The third kappa shape index (κ3) is 1.66. The molecule has 84 valence electrons. The molecule has 2 rings (SSSR count). The van der Waals surface area contributed by atoms with E-state index in [2.05, 4.69) is 4.98 Å². The molecule has 0 radical (unpaired) electrons. The first-order chi connectivity index (χ1) is 7.77. The van der Waals surface area contributed by atoms with E-state index in [1.54, 1.807) is 13.1 Å². The molecule has 0 amide bonds. The topological polar surface area (TPSA) is 43.6 Å². The fourth-order valence-electron chi connectivity index (χ4n) is 1.74. The second-order valence-electron chi connectivity index (χ2n) is 3.43. The first-order valence-electron chi connectivity index (χ1n) is 5.40. The molecule has 0 aliphatic carbocycles. The Morgan fingerprint density at radius 3 is 2.88 bits per heavy atom. The van der Waals surface area contributed by atoms with E-state index in [4.69, 9.17) is 4.74 Å². The van der Waals surface area contributed by atoms with Crippen molar-refractivity contribution in [2.24, 2.45) is 0 Å². The number of esters is 1. The molecule has 0 aromatic carbocycles. The van der Waals surface area contributed by atoms with Gasteiger partial charge in [-0.2, -0.15) is 0 Å². The van der Waals surface area contributed by atoms with Crippen LogP contribution < -0.4 is 0 Å². The summed E-state index contributed by atoms with van der Waals surface area (Å²) >= 11 is 0. The molecule has 0 N–H and O–H groups in total. The Kier molecular flexibility index (Phi) is 2.90. The molecular weight excluding hydrogens is 204 g/mol. The smallest absolute Gasteiger partial charge is 0.374 e. The maximum absolute atomic E-state index is 11.7. The third-order valence-corrected chi connectivity index (χ3v) is 2.47. The van der Waals surface area contributed by atoms with Crippen LogP contribution in [-0.4, -0.2) is 22.0 Å². The van der Waals surface area contributed by atoms with Gasteiger partial charge in [-0.25, -0.2) is 9.78 Å². The van der Waals surface area contributed by atoms with Gasteiger partial charge in [-0.1, -0.05) is 6.92 Å². The van der Waals surface area contributed by atoms with Crippen LogP contribution in [0.2, 0.25) is 0 Å². The quantitative estimate of drug-likeness (QED) is 0.741. The molecule has 0 bridgehead atoms. The van der Waals surface area contributed by atoms with Crippen molar-refractivity contribution in [2.75, 3.05) is 6.61 Å². The standard InChI is InChI=1S/C12H14N2O2/c1-3-9-5-6-10-7-8-13-11(14(9)10)12(15)16-4-2/h5-8H,3-4H2,1-2H3. The van der Waals surface area contributed by atoms with Crippen LogP contribution in [-0.2, 0) is 11.2 Å². The van der Waals surface area contributed by atoms with Crippen LogP contribution in [0.25, 0.3) is 5.52 Å². The minimum absolute atomic E-state index is 0.348. The van der Waals surface area contributed by atoms with Gasteiger partial charge in [-0.05, 0) is 31.5 Å². The summed E-state index contributed by atoms with van der Waals surface area (Å²) in [6.07, 6.45) is 2.48. The zero-order valence-corrected chi connectivity index (χ0v) is 9.43. The van der Waals surface area contributed by atoms with Gasteiger partial charge in [-0.3, -0.25) is 4.40 Å². The molecule has 2 heterocycles. The van der Waals surface area contributed by atoms with E-state index in [9.17, 15) is 4.79 Å². The highest BCUT2D eigenvalue weighted by molar-refractivity contribution is 5.86. The molecule has 2 aromatic heterocycles. The summed E-state index contributed by atoms with van der Waals surface area (Å²) in [6.45, 7) is 4.19. The number of carbonyl (C=O) groups is 1. The van der Waals surface area contributed by atoms with Crippen molar-refractivity contribution in [3.05, 3.63) is 35.9 Å². The molecule has 0 saturated carbocycles. The minimum Gasteiger partial charge on any atom is -0.460 e. The number of aromatic nitrogens is 2. The zero-order valence-electron chi connectivity index (χ0n) is 9.43. The van der Waals surface area contributed by atoms with Crippen molar-refractivity contribution in [1.29, 1.82) is 0 Å². The molecule has 0 aliphatic rings. The zero-order chi connectivity index (χ0) is 11.5. The monoisotopic (exact) mass is 218 g/mol. The molecule has 0 unspecified atom stereocenters. The lowest BCUT2D eigenvalue weighted by Crippen LogP contribution is -2.13. The van der Waals surface area contributed by atoms with E-state index in [0.717, 1.165) is 17.6 Å². The number of ether oxygens (including phenoxy) is 1. The Morgan fingerprint density at radius 2 is 2.19 bits per heavy atom. The van der Waals surface area contributed by atoms with Crippen LogP contribution in [0, 0.1) is 0 Å². The second kappa shape index (κ2) is 4.35. The fraction of sp³-hybridized carbons (Fsp3) is 0.333. The predicted molar refractivity (Wildman–Crippen MR) is 60.5 cm³/mol. The average molecular weight is 218 g/mol. The highest BCUT2D eigenvalue weighted by atomic mass is 16.5. The number of rotatable bonds is 3. The lowest BCUT2D eigenvalue weighted by atomic mass is 10.3. The molecule has 4 nitrogen and oxygen atoms in total. The van der Waals surface area contributed by atoms with Gasteiger partial charge in [0.25, 0.3) is 0 Å². The van der Waals surface area contributed by atoms with E-state index in [-0.39, 0.29) is 5.97 Å². The number of hydrogen-bond donors (Lipinski definition) is 0. The van der Waals surface area contributed by atoms with Crippen molar-refractivity contribution in [1.82, 2.24) is 9.38 Å². The van der Waals surface area contributed by atoms with Gasteiger partial charge >= 0.3 is 5.97 Å². The van der Waals surface area contributed by atoms with Crippen molar-refractivity contribution in [3.63, 3.8) is 0 Å². The number of aryl methyl sites for hydroxylation is 1. The van der Waals surface area contributed by atoms with Gasteiger partial charge in [0.15, 0.2) is 0 Å². The lowest BCUT2D eigenvalue weighted by molar-refractivity contribution is 0.0509. The van der Waals surface area contributed by atoms with Gasteiger partial charge in [0, 0.05) is 17.4 Å². The SMILES string of the molecule is CCOC(=O)c1nccc2ccc(CC)n12. The van der Waals surface area contributed by atoms with Gasteiger partial charge in [0.1, 0.15) is 0 Å². The van der Waals surface area contributed by atoms with Gasteiger partial charge < -0.3 is 4.74 Å². The maximum atomic E-state index is 11.7. The molecular formula is C12H14N2O2. The van der Waals surface area contributed by atoms with Gasteiger partial charge in [0.2, 0.25) is 5.82 Å².